The molecule has 0 aliphatic heterocycles. The van der Waals surface area contributed by atoms with Gasteiger partial charge in [-0.3, -0.25) is 0 Å². The minimum absolute atomic E-state index is 0.175. The summed E-state index contributed by atoms with van der Waals surface area (Å²) in [4.78, 5) is 4.15. The molecule has 0 unspecified atom stereocenters. The van der Waals surface area contributed by atoms with Crippen LogP contribution in [0.5, 0.6) is 0 Å². The first-order chi connectivity index (χ1) is 10.7. The van der Waals surface area contributed by atoms with E-state index in [1.165, 1.54) is 43.5 Å². The van der Waals surface area contributed by atoms with Crippen LogP contribution in [0.1, 0.15) is 49.7 Å². The lowest BCUT2D eigenvalue weighted by atomic mass is 10.1. The second-order valence-electron chi connectivity index (χ2n) is 5.33. The lowest BCUT2D eigenvalue weighted by Crippen LogP contribution is -2.13. The molecule has 0 radical (unpaired) electrons. The highest BCUT2D eigenvalue weighted by Crippen LogP contribution is 2.24. The van der Waals surface area contributed by atoms with Crippen molar-refractivity contribution in [3.05, 3.63) is 17.2 Å². The maximum atomic E-state index is 9.14. The van der Waals surface area contributed by atoms with Crippen LogP contribution in [0.2, 0.25) is 0 Å². The number of pyridine rings is 1. The van der Waals surface area contributed by atoms with Crippen molar-refractivity contribution >= 4 is 17.6 Å². The van der Waals surface area contributed by atoms with Crippen LogP contribution in [-0.2, 0) is 4.74 Å². The fraction of sp³-hybridized carbons (Fsp3) is 0.562. The third-order valence-corrected chi connectivity index (χ3v) is 4.69. The minimum Gasteiger partial charge on any atom is -0.383 e. The number of aromatic nitrogens is 1. The lowest BCUT2D eigenvalue weighted by Gasteiger charge is -2.15. The number of nitrogens with zero attached hydrogens (tertiary/aromatic N) is 3. The van der Waals surface area contributed by atoms with E-state index in [1.54, 1.807) is 0 Å². The van der Waals surface area contributed by atoms with E-state index in [-0.39, 0.29) is 11.4 Å². The summed E-state index contributed by atoms with van der Waals surface area (Å²) in [5.41, 5.74) is 6.35. The molecule has 0 atom stereocenters. The number of hydrogen-bond acceptors (Lipinski definition) is 6. The van der Waals surface area contributed by atoms with Crippen LogP contribution in [0.4, 0.5) is 5.82 Å². The van der Waals surface area contributed by atoms with Crippen molar-refractivity contribution in [2.45, 2.75) is 49.7 Å². The fourth-order valence-electron chi connectivity index (χ4n) is 2.55. The Morgan fingerprint density at radius 1 is 1.18 bits per heavy atom. The van der Waals surface area contributed by atoms with Gasteiger partial charge in [-0.25, -0.2) is 4.98 Å². The van der Waals surface area contributed by atoms with E-state index in [9.17, 15) is 0 Å². The van der Waals surface area contributed by atoms with Crippen LogP contribution < -0.4 is 5.73 Å². The normalized spacial score (nSPS) is 15.7. The number of nitrogens with two attached hydrogens (primary N) is 1. The summed E-state index contributed by atoms with van der Waals surface area (Å²) in [5.74, 6) is 0.900. The van der Waals surface area contributed by atoms with Crippen LogP contribution in [0.3, 0.4) is 0 Å². The zero-order valence-electron chi connectivity index (χ0n) is 12.5. The average Bonchev–Trinajstić information content (AvgIpc) is 2.80. The summed E-state index contributed by atoms with van der Waals surface area (Å²) in [5, 5.41) is 18.6. The van der Waals surface area contributed by atoms with Gasteiger partial charge in [0.15, 0.2) is 0 Å². The SMILES string of the molecule is N#Cc1cc(C#N)c(SCCOC2CCCCCC2)nc1N. The highest BCUT2D eigenvalue weighted by Gasteiger charge is 2.13. The number of nitrogen functional groups attached to an aromatic ring is 1. The summed E-state index contributed by atoms with van der Waals surface area (Å²) < 4.78 is 5.92. The summed E-state index contributed by atoms with van der Waals surface area (Å²) in [6.07, 6.45) is 7.81. The van der Waals surface area contributed by atoms with E-state index < -0.39 is 0 Å². The van der Waals surface area contributed by atoms with Gasteiger partial charge in [0, 0.05) is 5.75 Å². The summed E-state index contributed by atoms with van der Waals surface area (Å²) in [6.45, 7) is 0.641. The minimum atomic E-state index is 0.175. The molecule has 1 heterocycles. The average molecular weight is 316 g/mol. The van der Waals surface area contributed by atoms with Crippen LogP contribution in [-0.4, -0.2) is 23.4 Å². The number of ether oxygens (including phenoxy) is 1. The zero-order valence-corrected chi connectivity index (χ0v) is 13.4. The Hall–Kier alpha value is -1.76. The molecule has 1 saturated carbocycles. The van der Waals surface area contributed by atoms with Gasteiger partial charge in [0.05, 0.1) is 23.8 Å². The monoisotopic (exact) mass is 316 g/mol. The second kappa shape index (κ2) is 8.63. The van der Waals surface area contributed by atoms with Crippen LogP contribution >= 0.6 is 11.8 Å². The van der Waals surface area contributed by atoms with Gasteiger partial charge in [-0.15, -0.1) is 11.8 Å². The van der Waals surface area contributed by atoms with Crippen molar-refractivity contribution in [2.75, 3.05) is 18.1 Å². The molecule has 5 nitrogen and oxygen atoms in total. The number of rotatable bonds is 5. The predicted octanol–water partition coefficient (Wildman–Crippen LogP) is 3.24. The highest BCUT2D eigenvalue weighted by atomic mass is 32.2. The number of thioether (sulfide) groups is 1. The molecule has 1 aromatic heterocycles. The van der Waals surface area contributed by atoms with Crippen molar-refractivity contribution in [1.29, 1.82) is 10.5 Å². The van der Waals surface area contributed by atoms with E-state index in [0.717, 1.165) is 18.6 Å². The molecule has 1 aliphatic carbocycles. The third kappa shape index (κ3) is 4.62. The van der Waals surface area contributed by atoms with Gasteiger partial charge in [-0.2, -0.15) is 10.5 Å². The fourth-order valence-corrected chi connectivity index (χ4v) is 3.35. The van der Waals surface area contributed by atoms with Crippen LogP contribution in [0, 0.1) is 22.7 Å². The Labute approximate surface area is 135 Å². The molecular formula is C16H20N4OS. The van der Waals surface area contributed by atoms with Crippen molar-refractivity contribution < 1.29 is 4.74 Å². The van der Waals surface area contributed by atoms with E-state index in [2.05, 4.69) is 11.1 Å². The maximum Gasteiger partial charge on any atom is 0.142 e. The smallest absolute Gasteiger partial charge is 0.142 e. The van der Waals surface area contributed by atoms with Gasteiger partial charge in [0.25, 0.3) is 0 Å². The van der Waals surface area contributed by atoms with Gasteiger partial charge in [-0.1, -0.05) is 25.7 Å². The Bertz CT molecular complexity index is 583. The van der Waals surface area contributed by atoms with Gasteiger partial charge < -0.3 is 10.5 Å². The number of hydrogen-bond donors (Lipinski definition) is 1. The van der Waals surface area contributed by atoms with E-state index >= 15 is 0 Å². The maximum absolute atomic E-state index is 9.14. The summed E-state index contributed by atoms with van der Waals surface area (Å²) in [7, 11) is 0. The topological polar surface area (TPSA) is 95.7 Å². The van der Waals surface area contributed by atoms with Crippen molar-refractivity contribution in [3.63, 3.8) is 0 Å². The van der Waals surface area contributed by atoms with E-state index in [4.69, 9.17) is 21.0 Å². The van der Waals surface area contributed by atoms with Crippen LogP contribution in [0.25, 0.3) is 0 Å². The molecule has 0 bridgehead atoms. The first-order valence-electron chi connectivity index (χ1n) is 7.59. The standard InChI is InChI=1S/C16H20N4OS/c17-10-12-9-13(11-18)16(20-15(12)19)22-8-7-21-14-5-3-1-2-4-6-14/h9,14H,1-8H2,(H2,19,20). The second-order valence-corrected chi connectivity index (χ2v) is 6.41. The molecule has 0 saturated heterocycles. The van der Waals surface area contributed by atoms with E-state index in [0.29, 0.717) is 23.3 Å². The molecule has 2 N–H and O–H groups in total. The van der Waals surface area contributed by atoms with Crippen molar-refractivity contribution in [1.82, 2.24) is 4.98 Å². The molecule has 2 rings (SSSR count). The molecule has 0 amide bonds. The Kier molecular flexibility index (Phi) is 6.51. The molecule has 6 heteroatoms. The Morgan fingerprint density at radius 2 is 1.86 bits per heavy atom. The first-order valence-corrected chi connectivity index (χ1v) is 8.58. The molecule has 1 aliphatic rings. The summed E-state index contributed by atoms with van der Waals surface area (Å²) >= 11 is 1.45. The van der Waals surface area contributed by atoms with Gasteiger partial charge >= 0.3 is 0 Å². The van der Waals surface area contributed by atoms with Crippen molar-refractivity contribution in [3.8, 4) is 12.1 Å². The van der Waals surface area contributed by atoms with Gasteiger partial charge in [0.1, 0.15) is 23.0 Å². The molecule has 116 valence electrons. The molecular weight excluding hydrogens is 296 g/mol. The summed E-state index contributed by atoms with van der Waals surface area (Å²) in [6, 6.07) is 5.50. The number of anilines is 1. The van der Waals surface area contributed by atoms with Crippen molar-refractivity contribution in [2.24, 2.45) is 0 Å². The third-order valence-electron chi connectivity index (χ3n) is 3.74. The first kappa shape index (κ1) is 16.6. The predicted molar refractivity (Wildman–Crippen MR) is 86.2 cm³/mol. The van der Waals surface area contributed by atoms with Gasteiger partial charge in [-0.05, 0) is 18.9 Å². The van der Waals surface area contributed by atoms with Gasteiger partial charge in [0.2, 0.25) is 0 Å². The molecule has 0 aromatic carbocycles. The number of nitriles is 2. The quantitative estimate of drug-likeness (QED) is 0.509. The Balaban J connectivity index is 1.85. The zero-order chi connectivity index (χ0) is 15.8. The lowest BCUT2D eigenvalue weighted by molar-refractivity contribution is 0.0543. The highest BCUT2D eigenvalue weighted by molar-refractivity contribution is 7.99. The molecule has 22 heavy (non-hydrogen) atoms. The molecule has 1 aromatic rings. The van der Waals surface area contributed by atoms with Crippen LogP contribution in [0.15, 0.2) is 11.1 Å². The largest absolute Gasteiger partial charge is 0.383 e. The Morgan fingerprint density at radius 3 is 2.50 bits per heavy atom. The van der Waals surface area contributed by atoms with E-state index in [1.807, 2.05) is 6.07 Å². The molecule has 0 spiro atoms. The molecule has 1 fully saturated rings.